The molecule has 0 aromatic carbocycles. The van der Waals surface area contributed by atoms with Gasteiger partial charge in [-0.2, -0.15) is 5.10 Å². The molecule has 0 saturated heterocycles. The summed E-state index contributed by atoms with van der Waals surface area (Å²) in [5.74, 6) is 0. The molecule has 0 N–H and O–H groups in total. The van der Waals surface area contributed by atoms with Crippen molar-refractivity contribution in [2.45, 2.75) is 25.2 Å². The normalized spacial score (nSPS) is 21.0. The minimum atomic E-state index is 0.432. The Hall–Kier alpha value is -0.790. The van der Waals surface area contributed by atoms with Gasteiger partial charge in [-0.15, -0.1) is 0 Å². The van der Waals surface area contributed by atoms with Gasteiger partial charge in [0.1, 0.15) is 0 Å². The highest BCUT2D eigenvalue weighted by Gasteiger charge is 2.40. The molecule has 1 heterocycles. The first-order valence-electron chi connectivity index (χ1n) is 3.71. The number of aromatic nitrogens is 2. The first-order valence-corrected chi connectivity index (χ1v) is 3.71. The molecule has 0 aliphatic heterocycles. The van der Waals surface area contributed by atoms with Gasteiger partial charge >= 0.3 is 0 Å². The van der Waals surface area contributed by atoms with Crippen molar-refractivity contribution in [1.29, 1.82) is 0 Å². The van der Waals surface area contributed by atoms with Crippen molar-refractivity contribution in [3.05, 3.63) is 18.0 Å². The number of aryl methyl sites for hydroxylation is 1. The van der Waals surface area contributed by atoms with Crippen molar-refractivity contribution >= 4 is 0 Å². The predicted molar refractivity (Wildman–Crippen MR) is 39.8 cm³/mol. The van der Waals surface area contributed by atoms with E-state index in [-0.39, 0.29) is 0 Å². The van der Waals surface area contributed by atoms with E-state index in [0.29, 0.717) is 5.41 Å². The maximum absolute atomic E-state index is 4.36. The molecule has 0 spiro atoms. The van der Waals surface area contributed by atoms with Crippen LogP contribution in [0.5, 0.6) is 0 Å². The number of hydrogen-bond acceptors (Lipinski definition) is 1. The number of hydrogen-bond donors (Lipinski definition) is 0. The SMILES string of the molecule is Cn1ccc(C2(C)CC2)n1. The lowest BCUT2D eigenvalue weighted by atomic mass is 10.1. The molecule has 2 rings (SSSR count). The van der Waals surface area contributed by atoms with Crippen LogP contribution in [0.15, 0.2) is 12.3 Å². The second-order valence-corrected chi connectivity index (χ2v) is 3.44. The average molecular weight is 136 g/mol. The molecule has 0 radical (unpaired) electrons. The summed E-state index contributed by atoms with van der Waals surface area (Å²) in [5, 5.41) is 4.36. The molecule has 1 aliphatic carbocycles. The van der Waals surface area contributed by atoms with Crippen LogP contribution in [-0.4, -0.2) is 9.78 Å². The van der Waals surface area contributed by atoms with Gasteiger partial charge in [0.15, 0.2) is 0 Å². The maximum Gasteiger partial charge on any atom is 0.0683 e. The van der Waals surface area contributed by atoms with Crippen LogP contribution in [-0.2, 0) is 12.5 Å². The average Bonchev–Trinajstić information content (AvgIpc) is 2.45. The van der Waals surface area contributed by atoms with Crippen LogP contribution in [0.25, 0.3) is 0 Å². The van der Waals surface area contributed by atoms with Crippen LogP contribution in [0.1, 0.15) is 25.5 Å². The molecule has 1 aromatic rings. The minimum Gasteiger partial charge on any atom is -0.276 e. The Morgan fingerprint density at radius 1 is 1.60 bits per heavy atom. The van der Waals surface area contributed by atoms with Gasteiger partial charge in [0, 0.05) is 18.7 Å². The third-order valence-corrected chi connectivity index (χ3v) is 2.33. The smallest absolute Gasteiger partial charge is 0.0683 e. The molecule has 54 valence electrons. The molecule has 0 atom stereocenters. The highest BCUT2D eigenvalue weighted by molar-refractivity contribution is 5.20. The minimum absolute atomic E-state index is 0.432. The molecule has 10 heavy (non-hydrogen) atoms. The zero-order valence-corrected chi connectivity index (χ0v) is 6.46. The first-order chi connectivity index (χ1) is 4.71. The van der Waals surface area contributed by atoms with Crippen molar-refractivity contribution in [3.8, 4) is 0 Å². The molecule has 1 saturated carbocycles. The van der Waals surface area contributed by atoms with Gasteiger partial charge in [0.05, 0.1) is 5.69 Å². The lowest BCUT2D eigenvalue weighted by molar-refractivity contribution is 0.682. The van der Waals surface area contributed by atoms with Crippen molar-refractivity contribution in [2.75, 3.05) is 0 Å². The van der Waals surface area contributed by atoms with E-state index in [1.807, 2.05) is 17.9 Å². The second-order valence-electron chi connectivity index (χ2n) is 3.44. The monoisotopic (exact) mass is 136 g/mol. The third kappa shape index (κ3) is 0.753. The van der Waals surface area contributed by atoms with Crippen LogP contribution in [0.2, 0.25) is 0 Å². The van der Waals surface area contributed by atoms with Gasteiger partial charge in [-0.25, -0.2) is 0 Å². The van der Waals surface area contributed by atoms with Crippen molar-refractivity contribution in [2.24, 2.45) is 7.05 Å². The van der Waals surface area contributed by atoms with E-state index in [4.69, 9.17) is 0 Å². The maximum atomic E-state index is 4.36. The van der Waals surface area contributed by atoms with E-state index in [1.165, 1.54) is 18.5 Å². The summed E-state index contributed by atoms with van der Waals surface area (Å²) in [6, 6.07) is 2.12. The Kier molecular flexibility index (Phi) is 0.967. The predicted octanol–water partition coefficient (Wildman–Crippen LogP) is 1.47. The van der Waals surface area contributed by atoms with E-state index in [9.17, 15) is 0 Å². The molecule has 1 aromatic heterocycles. The Bertz CT molecular complexity index is 246. The number of nitrogens with zero attached hydrogens (tertiary/aromatic N) is 2. The quantitative estimate of drug-likeness (QED) is 0.571. The van der Waals surface area contributed by atoms with Crippen molar-refractivity contribution < 1.29 is 0 Å². The molecule has 0 unspecified atom stereocenters. The molecule has 2 nitrogen and oxygen atoms in total. The van der Waals surface area contributed by atoms with E-state index >= 15 is 0 Å². The molecular formula is C8H12N2. The summed E-state index contributed by atoms with van der Waals surface area (Å²) >= 11 is 0. The Labute approximate surface area is 60.9 Å². The largest absolute Gasteiger partial charge is 0.276 e. The zero-order chi connectivity index (χ0) is 7.19. The molecule has 1 fully saturated rings. The molecule has 0 amide bonds. The Morgan fingerprint density at radius 3 is 2.70 bits per heavy atom. The van der Waals surface area contributed by atoms with Crippen LogP contribution in [0.3, 0.4) is 0 Å². The number of rotatable bonds is 1. The summed E-state index contributed by atoms with van der Waals surface area (Å²) < 4.78 is 1.87. The molecular weight excluding hydrogens is 124 g/mol. The van der Waals surface area contributed by atoms with Crippen LogP contribution in [0, 0.1) is 0 Å². The van der Waals surface area contributed by atoms with Crippen LogP contribution >= 0.6 is 0 Å². The molecule has 0 bridgehead atoms. The highest BCUT2D eigenvalue weighted by atomic mass is 15.3. The van der Waals surface area contributed by atoms with Gasteiger partial charge in [-0.3, -0.25) is 4.68 Å². The van der Waals surface area contributed by atoms with Gasteiger partial charge in [-0.05, 0) is 18.9 Å². The summed E-state index contributed by atoms with van der Waals surface area (Å²) in [7, 11) is 1.97. The highest BCUT2D eigenvalue weighted by Crippen LogP contribution is 2.46. The summed E-state index contributed by atoms with van der Waals surface area (Å²) in [6.07, 6.45) is 4.63. The summed E-state index contributed by atoms with van der Waals surface area (Å²) in [5.41, 5.74) is 1.69. The second kappa shape index (κ2) is 1.62. The zero-order valence-electron chi connectivity index (χ0n) is 6.46. The third-order valence-electron chi connectivity index (χ3n) is 2.33. The Morgan fingerprint density at radius 2 is 2.30 bits per heavy atom. The van der Waals surface area contributed by atoms with E-state index in [1.54, 1.807) is 0 Å². The topological polar surface area (TPSA) is 17.8 Å². The summed E-state index contributed by atoms with van der Waals surface area (Å²) in [4.78, 5) is 0. The van der Waals surface area contributed by atoms with Crippen molar-refractivity contribution in [1.82, 2.24) is 9.78 Å². The fourth-order valence-corrected chi connectivity index (χ4v) is 1.18. The van der Waals surface area contributed by atoms with Crippen molar-refractivity contribution in [3.63, 3.8) is 0 Å². The lowest BCUT2D eigenvalue weighted by Gasteiger charge is -2.00. The van der Waals surface area contributed by atoms with Gasteiger partial charge in [0.2, 0.25) is 0 Å². The van der Waals surface area contributed by atoms with Crippen LogP contribution < -0.4 is 0 Å². The lowest BCUT2D eigenvalue weighted by Crippen LogP contribution is -2.01. The van der Waals surface area contributed by atoms with Crippen LogP contribution in [0.4, 0.5) is 0 Å². The van der Waals surface area contributed by atoms with E-state index < -0.39 is 0 Å². The van der Waals surface area contributed by atoms with Gasteiger partial charge in [-0.1, -0.05) is 6.92 Å². The Balaban J connectivity index is 2.34. The fraction of sp³-hybridized carbons (Fsp3) is 0.625. The van der Waals surface area contributed by atoms with Gasteiger partial charge < -0.3 is 0 Å². The molecule has 1 aliphatic rings. The first kappa shape index (κ1) is 5.96. The summed E-state index contributed by atoms with van der Waals surface area (Å²) in [6.45, 7) is 2.27. The standard InChI is InChI=1S/C8H12N2/c1-8(4-5-8)7-3-6-10(2)9-7/h3,6H,4-5H2,1-2H3. The van der Waals surface area contributed by atoms with Gasteiger partial charge in [0.25, 0.3) is 0 Å². The van der Waals surface area contributed by atoms with E-state index in [0.717, 1.165) is 0 Å². The molecule has 2 heteroatoms. The fourth-order valence-electron chi connectivity index (χ4n) is 1.18. The van der Waals surface area contributed by atoms with E-state index in [2.05, 4.69) is 18.1 Å².